The van der Waals surface area contributed by atoms with Gasteiger partial charge in [-0.25, -0.2) is 0 Å². The molecule has 3 heteroatoms. The Morgan fingerprint density at radius 1 is 1.33 bits per heavy atom. The average molecular weight is 270 g/mol. The standard InChI is InChI=1S/C15H30N2S/c1-3-9-16-12-15(7-4-5-8-15)13-17(2)14-6-10-18-11-14/h14,16H,3-13H2,1-2H3. The summed E-state index contributed by atoms with van der Waals surface area (Å²) in [4.78, 5) is 2.67. The predicted molar refractivity (Wildman–Crippen MR) is 82.4 cm³/mol. The smallest absolute Gasteiger partial charge is 0.0191 e. The molecule has 1 atom stereocenters. The molecule has 1 unspecified atom stereocenters. The van der Waals surface area contributed by atoms with E-state index < -0.39 is 0 Å². The first-order chi connectivity index (χ1) is 8.76. The summed E-state index contributed by atoms with van der Waals surface area (Å²) in [6, 6.07) is 0.846. The molecule has 0 bridgehead atoms. The van der Waals surface area contributed by atoms with Crippen LogP contribution in [0.5, 0.6) is 0 Å². The zero-order valence-electron chi connectivity index (χ0n) is 12.2. The van der Waals surface area contributed by atoms with E-state index >= 15 is 0 Å². The SMILES string of the molecule is CCCNCC1(CN(C)C2CCSC2)CCCC1. The fourth-order valence-electron chi connectivity index (χ4n) is 3.57. The molecule has 2 fully saturated rings. The van der Waals surface area contributed by atoms with Gasteiger partial charge in [-0.15, -0.1) is 0 Å². The summed E-state index contributed by atoms with van der Waals surface area (Å²) in [7, 11) is 2.36. The highest BCUT2D eigenvalue weighted by Gasteiger charge is 2.36. The van der Waals surface area contributed by atoms with Gasteiger partial charge in [-0.1, -0.05) is 19.8 Å². The van der Waals surface area contributed by atoms with Crippen molar-refractivity contribution in [2.75, 3.05) is 38.2 Å². The molecule has 18 heavy (non-hydrogen) atoms. The van der Waals surface area contributed by atoms with Crippen molar-refractivity contribution in [2.45, 2.75) is 51.5 Å². The van der Waals surface area contributed by atoms with E-state index in [1.165, 1.54) is 69.7 Å². The third-order valence-corrected chi connectivity index (χ3v) is 5.85. The average Bonchev–Trinajstić information content (AvgIpc) is 3.00. The first kappa shape index (κ1) is 14.7. The van der Waals surface area contributed by atoms with Crippen LogP contribution in [-0.4, -0.2) is 49.1 Å². The summed E-state index contributed by atoms with van der Waals surface area (Å²) in [5.74, 6) is 2.73. The van der Waals surface area contributed by atoms with Gasteiger partial charge in [0.2, 0.25) is 0 Å². The topological polar surface area (TPSA) is 15.3 Å². The fourth-order valence-corrected chi connectivity index (χ4v) is 4.87. The van der Waals surface area contributed by atoms with Gasteiger partial charge in [-0.3, -0.25) is 0 Å². The molecule has 0 amide bonds. The number of thioether (sulfide) groups is 1. The largest absolute Gasteiger partial charge is 0.316 e. The van der Waals surface area contributed by atoms with E-state index in [9.17, 15) is 0 Å². The molecule has 1 N–H and O–H groups in total. The van der Waals surface area contributed by atoms with Gasteiger partial charge in [0, 0.05) is 24.9 Å². The maximum absolute atomic E-state index is 3.68. The first-order valence-corrected chi connectivity index (χ1v) is 8.90. The van der Waals surface area contributed by atoms with E-state index in [-0.39, 0.29) is 0 Å². The lowest BCUT2D eigenvalue weighted by Crippen LogP contribution is -2.45. The molecule has 1 aliphatic carbocycles. The third-order valence-electron chi connectivity index (χ3n) is 4.70. The lowest BCUT2D eigenvalue weighted by Gasteiger charge is -2.36. The highest BCUT2D eigenvalue weighted by Crippen LogP contribution is 2.39. The van der Waals surface area contributed by atoms with Crippen LogP contribution in [0.15, 0.2) is 0 Å². The van der Waals surface area contributed by atoms with Gasteiger partial charge in [0.1, 0.15) is 0 Å². The molecular weight excluding hydrogens is 240 g/mol. The summed E-state index contributed by atoms with van der Waals surface area (Å²) < 4.78 is 0. The molecular formula is C15H30N2S. The Balaban J connectivity index is 1.84. The van der Waals surface area contributed by atoms with Crippen LogP contribution in [-0.2, 0) is 0 Å². The Morgan fingerprint density at radius 3 is 2.72 bits per heavy atom. The Hall–Kier alpha value is 0.270. The van der Waals surface area contributed by atoms with Crippen molar-refractivity contribution >= 4 is 11.8 Å². The quantitative estimate of drug-likeness (QED) is 0.716. The second-order valence-corrected chi connectivity index (χ2v) is 7.47. The van der Waals surface area contributed by atoms with Gasteiger partial charge in [0.15, 0.2) is 0 Å². The zero-order valence-corrected chi connectivity index (χ0v) is 13.0. The number of nitrogens with zero attached hydrogens (tertiary/aromatic N) is 1. The van der Waals surface area contributed by atoms with Crippen LogP contribution in [0.2, 0.25) is 0 Å². The number of rotatable bonds is 7. The van der Waals surface area contributed by atoms with Gasteiger partial charge in [0.25, 0.3) is 0 Å². The van der Waals surface area contributed by atoms with E-state index in [2.05, 4.69) is 35.9 Å². The predicted octanol–water partition coefficient (Wildman–Crippen LogP) is 2.98. The maximum Gasteiger partial charge on any atom is 0.0191 e. The molecule has 2 rings (SSSR count). The molecule has 0 aromatic heterocycles. The third kappa shape index (κ3) is 3.88. The molecule has 0 aromatic carbocycles. The normalized spacial score (nSPS) is 27.2. The zero-order chi connectivity index (χ0) is 12.8. The number of hydrogen-bond donors (Lipinski definition) is 1. The van der Waals surface area contributed by atoms with Gasteiger partial charge < -0.3 is 10.2 Å². The first-order valence-electron chi connectivity index (χ1n) is 7.74. The van der Waals surface area contributed by atoms with Crippen LogP contribution in [0.3, 0.4) is 0 Å². The Bertz CT molecular complexity index is 233. The van der Waals surface area contributed by atoms with Crippen molar-refractivity contribution in [1.82, 2.24) is 10.2 Å². The molecule has 1 saturated heterocycles. The number of hydrogen-bond acceptors (Lipinski definition) is 3. The highest BCUT2D eigenvalue weighted by atomic mass is 32.2. The van der Waals surface area contributed by atoms with Crippen molar-refractivity contribution < 1.29 is 0 Å². The summed E-state index contributed by atoms with van der Waals surface area (Å²) in [6.07, 6.45) is 8.43. The van der Waals surface area contributed by atoms with Crippen LogP contribution in [0.1, 0.15) is 45.4 Å². The summed E-state index contributed by atoms with van der Waals surface area (Å²) in [5, 5.41) is 3.68. The molecule has 0 radical (unpaired) electrons. The highest BCUT2D eigenvalue weighted by molar-refractivity contribution is 7.99. The summed E-state index contributed by atoms with van der Waals surface area (Å²) in [6.45, 7) is 6.00. The van der Waals surface area contributed by atoms with Crippen LogP contribution in [0.25, 0.3) is 0 Å². The molecule has 1 aliphatic heterocycles. The van der Waals surface area contributed by atoms with E-state index in [4.69, 9.17) is 0 Å². The van der Waals surface area contributed by atoms with Crippen LogP contribution in [0.4, 0.5) is 0 Å². The summed E-state index contributed by atoms with van der Waals surface area (Å²) in [5.41, 5.74) is 0.581. The van der Waals surface area contributed by atoms with Crippen molar-refractivity contribution in [3.63, 3.8) is 0 Å². The fraction of sp³-hybridized carbons (Fsp3) is 1.00. The van der Waals surface area contributed by atoms with E-state index in [0.717, 1.165) is 6.04 Å². The van der Waals surface area contributed by atoms with Crippen LogP contribution in [0, 0.1) is 5.41 Å². The second-order valence-electron chi connectivity index (χ2n) is 6.32. The van der Waals surface area contributed by atoms with Gasteiger partial charge in [0.05, 0.1) is 0 Å². The van der Waals surface area contributed by atoms with Crippen LogP contribution < -0.4 is 5.32 Å². The molecule has 2 aliphatic rings. The Labute approximate surface area is 117 Å². The maximum atomic E-state index is 3.68. The lowest BCUT2D eigenvalue weighted by atomic mass is 9.85. The molecule has 0 aromatic rings. The Kier molecular flexibility index (Phi) is 5.84. The number of nitrogens with one attached hydrogen (secondary N) is 1. The minimum atomic E-state index is 0.581. The van der Waals surface area contributed by atoms with E-state index in [1.807, 2.05) is 0 Å². The van der Waals surface area contributed by atoms with Crippen molar-refractivity contribution in [2.24, 2.45) is 5.41 Å². The lowest BCUT2D eigenvalue weighted by molar-refractivity contribution is 0.143. The van der Waals surface area contributed by atoms with Gasteiger partial charge >= 0.3 is 0 Å². The van der Waals surface area contributed by atoms with E-state index in [1.54, 1.807) is 0 Å². The van der Waals surface area contributed by atoms with Gasteiger partial charge in [-0.05, 0) is 50.4 Å². The second kappa shape index (κ2) is 7.16. The molecule has 1 heterocycles. The van der Waals surface area contributed by atoms with Crippen molar-refractivity contribution in [3.8, 4) is 0 Å². The minimum Gasteiger partial charge on any atom is -0.316 e. The molecule has 1 saturated carbocycles. The van der Waals surface area contributed by atoms with Crippen LogP contribution >= 0.6 is 11.8 Å². The summed E-state index contributed by atoms with van der Waals surface area (Å²) >= 11 is 2.13. The minimum absolute atomic E-state index is 0.581. The molecule has 0 spiro atoms. The molecule has 106 valence electrons. The monoisotopic (exact) mass is 270 g/mol. The van der Waals surface area contributed by atoms with E-state index in [0.29, 0.717) is 5.41 Å². The van der Waals surface area contributed by atoms with Gasteiger partial charge in [-0.2, -0.15) is 11.8 Å². The Morgan fingerprint density at radius 2 is 2.11 bits per heavy atom. The van der Waals surface area contributed by atoms with Crippen molar-refractivity contribution in [3.05, 3.63) is 0 Å². The molecule has 2 nitrogen and oxygen atoms in total. The van der Waals surface area contributed by atoms with Crippen molar-refractivity contribution in [1.29, 1.82) is 0 Å².